The van der Waals surface area contributed by atoms with E-state index in [9.17, 15) is 9.90 Å². The van der Waals surface area contributed by atoms with E-state index >= 15 is 0 Å². The SMILES string of the molecule is Cc1cc(=O)oc2cc(OCC(O)CN3CCN(C)CC3)ccc12.Cl.Cl. The van der Waals surface area contributed by atoms with Crippen LogP contribution < -0.4 is 10.4 Å². The van der Waals surface area contributed by atoms with Gasteiger partial charge in [-0.1, -0.05) is 0 Å². The van der Waals surface area contributed by atoms with Gasteiger partial charge in [0.15, 0.2) is 0 Å². The van der Waals surface area contributed by atoms with Gasteiger partial charge in [0.1, 0.15) is 24.0 Å². The van der Waals surface area contributed by atoms with Crippen LogP contribution in [0.15, 0.2) is 33.5 Å². The fraction of sp³-hybridized carbons (Fsp3) is 0.500. The van der Waals surface area contributed by atoms with E-state index in [4.69, 9.17) is 9.15 Å². The highest BCUT2D eigenvalue weighted by Gasteiger charge is 2.17. The lowest BCUT2D eigenvalue weighted by molar-refractivity contribution is 0.0505. The summed E-state index contributed by atoms with van der Waals surface area (Å²) in [4.78, 5) is 16.0. The Morgan fingerprint density at radius 2 is 1.88 bits per heavy atom. The van der Waals surface area contributed by atoms with Crippen molar-refractivity contribution in [2.45, 2.75) is 13.0 Å². The van der Waals surface area contributed by atoms with Gasteiger partial charge in [-0.2, -0.15) is 0 Å². The summed E-state index contributed by atoms with van der Waals surface area (Å²) in [6.07, 6.45) is -0.548. The van der Waals surface area contributed by atoms with Gasteiger partial charge in [0.25, 0.3) is 0 Å². The van der Waals surface area contributed by atoms with Crippen LogP contribution in [0.4, 0.5) is 0 Å². The number of aliphatic hydroxyl groups is 1. The molecule has 2 heterocycles. The molecule has 1 atom stereocenters. The molecule has 1 aromatic heterocycles. The number of halogens is 2. The molecule has 26 heavy (non-hydrogen) atoms. The minimum atomic E-state index is -0.548. The summed E-state index contributed by atoms with van der Waals surface area (Å²) in [6.45, 7) is 6.68. The molecule has 2 aromatic rings. The molecule has 0 bridgehead atoms. The Morgan fingerprint density at radius 1 is 1.19 bits per heavy atom. The lowest BCUT2D eigenvalue weighted by atomic mass is 10.1. The number of benzene rings is 1. The minimum Gasteiger partial charge on any atom is -0.491 e. The highest BCUT2D eigenvalue weighted by molar-refractivity contribution is 5.85. The Labute approximate surface area is 165 Å². The number of aliphatic hydroxyl groups excluding tert-OH is 1. The van der Waals surface area contributed by atoms with Crippen molar-refractivity contribution in [3.05, 3.63) is 40.2 Å². The van der Waals surface area contributed by atoms with Crippen LogP contribution in [-0.2, 0) is 0 Å². The van der Waals surface area contributed by atoms with Crippen molar-refractivity contribution in [1.82, 2.24) is 9.80 Å². The molecule has 1 N–H and O–H groups in total. The van der Waals surface area contributed by atoms with Gasteiger partial charge in [-0.25, -0.2) is 4.79 Å². The predicted molar refractivity (Wildman–Crippen MR) is 107 cm³/mol. The van der Waals surface area contributed by atoms with Crippen LogP contribution in [0.1, 0.15) is 5.56 Å². The van der Waals surface area contributed by atoms with Gasteiger partial charge in [0.05, 0.1) is 0 Å². The lowest BCUT2D eigenvalue weighted by Gasteiger charge is -2.33. The largest absolute Gasteiger partial charge is 0.491 e. The summed E-state index contributed by atoms with van der Waals surface area (Å²) in [5.74, 6) is 0.591. The van der Waals surface area contributed by atoms with E-state index in [0.717, 1.165) is 37.1 Å². The molecule has 1 aliphatic rings. The van der Waals surface area contributed by atoms with E-state index in [1.807, 2.05) is 19.1 Å². The van der Waals surface area contributed by atoms with Crippen molar-refractivity contribution in [1.29, 1.82) is 0 Å². The number of ether oxygens (including phenoxy) is 1. The van der Waals surface area contributed by atoms with Crippen molar-refractivity contribution in [3.63, 3.8) is 0 Å². The van der Waals surface area contributed by atoms with Crippen molar-refractivity contribution in [3.8, 4) is 5.75 Å². The first-order chi connectivity index (χ1) is 11.5. The molecule has 1 unspecified atom stereocenters. The van der Waals surface area contributed by atoms with Gasteiger partial charge in [0, 0.05) is 50.2 Å². The smallest absolute Gasteiger partial charge is 0.336 e. The molecule has 1 saturated heterocycles. The molecule has 1 aromatic carbocycles. The van der Waals surface area contributed by atoms with Crippen LogP contribution in [0.2, 0.25) is 0 Å². The first-order valence-corrected chi connectivity index (χ1v) is 8.27. The van der Waals surface area contributed by atoms with Crippen LogP contribution in [0.25, 0.3) is 11.0 Å². The van der Waals surface area contributed by atoms with Crippen LogP contribution in [0.5, 0.6) is 5.75 Å². The van der Waals surface area contributed by atoms with E-state index in [1.54, 1.807) is 6.07 Å². The van der Waals surface area contributed by atoms with Crippen LogP contribution in [-0.4, -0.2) is 67.4 Å². The molecular weight excluding hydrogens is 379 g/mol. The van der Waals surface area contributed by atoms with Crippen LogP contribution in [0, 0.1) is 6.92 Å². The second-order valence-electron chi connectivity index (χ2n) is 6.48. The van der Waals surface area contributed by atoms with Gasteiger partial charge in [-0.3, -0.25) is 4.90 Å². The van der Waals surface area contributed by atoms with Gasteiger partial charge < -0.3 is 19.2 Å². The molecule has 1 fully saturated rings. The average Bonchev–Trinajstić information content (AvgIpc) is 2.54. The van der Waals surface area contributed by atoms with Gasteiger partial charge in [-0.15, -0.1) is 24.8 Å². The molecule has 0 radical (unpaired) electrons. The molecule has 0 spiro atoms. The highest BCUT2D eigenvalue weighted by Crippen LogP contribution is 2.22. The highest BCUT2D eigenvalue weighted by atomic mass is 35.5. The zero-order valence-electron chi connectivity index (χ0n) is 15.0. The molecule has 0 saturated carbocycles. The molecule has 0 aliphatic carbocycles. The third-order valence-electron chi connectivity index (χ3n) is 4.43. The molecule has 0 amide bonds. The van der Waals surface area contributed by atoms with Gasteiger partial charge >= 0.3 is 5.63 Å². The Balaban J connectivity index is 0.00000169. The normalized spacial score (nSPS) is 16.6. The number of hydrogen-bond donors (Lipinski definition) is 1. The van der Waals surface area contributed by atoms with E-state index < -0.39 is 6.10 Å². The summed E-state index contributed by atoms with van der Waals surface area (Å²) in [5.41, 5.74) is 1.02. The van der Waals surface area contributed by atoms with E-state index in [0.29, 0.717) is 17.9 Å². The lowest BCUT2D eigenvalue weighted by Crippen LogP contribution is -2.47. The molecule has 6 nitrogen and oxygen atoms in total. The number of piperazine rings is 1. The second-order valence-corrected chi connectivity index (χ2v) is 6.48. The maximum atomic E-state index is 11.5. The first-order valence-electron chi connectivity index (χ1n) is 8.27. The van der Waals surface area contributed by atoms with E-state index in [-0.39, 0.29) is 37.0 Å². The summed E-state index contributed by atoms with van der Waals surface area (Å²) in [6, 6.07) is 6.88. The second kappa shape index (κ2) is 10.1. The zero-order chi connectivity index (χ0) is 17.1. The number of likely N-dealkylation sites (N-methyl/N-ethyl adjacent to an activating group) is 1. The monoisotopic (exact) mass is 404 g/mol. The van der Waals surface area contributed by atoms with Crippen molar-refractivity contribution in [2.24, 2.45) is 0 Å². The fourth-order valence-electron chi connectivity index (χ4n) is 2.97. The summed E-state index contributed by atoms with van der Waals surface area (Å²) < 4.78 is 10.9. The third-order valence-corrected chi connectivity index (χ3v) is 4.43. The summed E-state index contributed by atoms with van der Waals surface area (Å²) >= 11 is 0. The maximum Gasteiger partial charge on any atom is 0.336 e. The number of fused-ring (bicyclic) bond motifs is 1. The molecule has 3 rings (SSSR count). The number of hydrogen-bond acceptors (Lipinski definition) is 6. The zero-order valence-corrected chi connectivity index (χ0v) is 16.6. The average molecular weight is 405 g/mol. The fourth-order valence-corrected chi connectivity index (χ4v) is 2.97. The number of aryl methyl sites for hydroxylation is 1. The maximum absolute atomic E-state index is 11.5. The third kappa shape index (κ3) is 5.86. The van der Waals surface area contributed by atoms with Crippen LogP contribution in [0.3, 0.4) is 0 Å². The van der Waals surface area contributed by atoms with Crippen molar-refractivity contribution in [2.75, 3.05) is 46.4 Å². The molecule has 8 heteroatoms. The Bertz CT molecular complexity index is 760. The minimum absolute atomic E-state index is 0. The van der Waals surface area contributed by atoms with E-state index in [1.165, 1.54) is 6.07 Å². The molecular formula is C18H26Cl2N2O4. The standard InChI is InChI=1S/C18H24N2O4.2ClH/c1-13-9-18(22)24-17-10-15(3-4-16(13)17)23-12-14(21)11-20-7-5-19(2)6-8-20;;/h3-4,9-10,14,21H,5-8,11-12H2,1-2H3;2*1H. The van der Waals surface area contributed by atoms with Crippen LogP contribution >= 0.6 is 24.8 Å². The van der Waals surface area contributed by atoms with Crippen molar-refractivity contribution >= 4 is 35.8 Å². The summed E-state index contributed by atoms with van der Waals surface area (Å²) in [5, 5.41) is 11.1. The molecule has 1 aliphatic heterocycles. The summed E-state index contributed by atoms with van der Waals surface area (Å²) in [7, 11) is 2.11. The van der Waals surface area contributed by atoms with E-state index in [2.05, 4.69) is 16.8 Å². The Morgan fingerprint density at radius 3 is 2.58 bits per heavy atom. The predicted octanol–water partition coefficient (Wildman–Crippen LogP) is 1.93. The number of β-amino-alcohol motifs (C(OH)–C–C–N with tert-alkyl or cyclic N) is 1. The topological polar surface area (TPSA) is 66.2 Å². The first kappa shape index (κ1) is 22.7. The van der Waals surface area contributed by atoms with Crippen molar-refractivity contribution < 1.29 is 14.3 Å². The Kier molecular flexibility index (Phi) is 8.86. The number of nitrogens with zero attached hydrogens (tertiary/aromatic N) is 2. The van der Waals surface area contributed by atoms with Gasteiger partial charge in [-0.05, 0) is 31.7 Å². The van der Waals surface area contributed by atoms with Gasteiger partial charge in [0.2, 0.25) is 0 Å². The Hall–Kier alpha value is -1.31. The number of rotatable bonds is 5. The quantitative estimate of drug-likeness (QED) is 0.767. The molecule has 146 valence electrons.